The van der Waals surface area contributed by atoms with Crippen molar-refractivity contribution >= 4 is 39.1 Å². The molecule has 0 saturated heterocycles. The van der Waals surface area contributed by atoms with E-state index in [4.69, 9.17) is 11.6 Å². The Morgan fingerprint density at radius 3 is 2.17 bits per heavy atom. The summed E-state index contributed by atoms with van der Waals surface area (Å²) in [6.45, 7) is 6.98. The van der Waals surface area contributed by atoms with E-state index in [1.54, 1.807) is 49.4 Å². The van der Waals surface area contributed by atoms with Gasteiger partial charge in [0.2, 0.25) is 11.8 Å². The molecule has 0 aliphatic heterocycles. The summed E-state index contributed by atoms with van der Waals surface area (Å²) >= 11 is 6.43. The Morgan fingerprint density at radius 2 is 1.54 bits per heavy atom. The number of aryl methyl sites for hydroxylation is 2. The number of carbonyl (C=O) groups excluding carboxylic acids is 2. The first-order chi connectivity index (χ1) is 21.9. The molecule has 0 bridgehead atoms. The molecule has 0 aliphatic carbocycles. The normalized spacial score (nSPS) is 12.1. The van der Waals surface area contributed by atoms with Gasteiger partial charge in [0, 0.05) is 30.1 Å². The van der Waals surface area contributed by atoms with Crippen molar-refractivity contribution in [1.29, 1.82) is 0 Å². The molecule has 242 valence electrons. The summed E-state index contributed by atoms with van der Waals surface area (Å²) in [6.07, 6.45) is 0.131. The smallest absolute Gasteiger partial charge is 0.264 e. The van der Waals surface area contributed by atoms with Crippen molar-refractivity contribution in [3.63, 3.8) is 0 Å². The van der Waals surface area contributed by atoms with E-state index >= 15 is 4.39 Å². The molecule has 46 heavy (non-hydrogen) atoms. The first-order valence-electron chi connectivity index (χ1n) is 15.1. The third-order valence-electron chi connectivity index (χ3n) is 7.59. The third-order valence-corrected chi connectivity index (χ3v) is 9.78. The van der Waals surface area contributed by atoms with Crippen LogP contribution < -0.4 is 9.62 Å². The molecular weight excluding hydrogens is 625 g/mol. The second-order valence-electron chi connectivity index (χ2n) is 11.7. The van der Waals surface area contributed by atoms with E-state index in [-0.39, 0.29) is 35.0 Å². The minimum atomic E-state index is -4.28. The molecule has 2 amide bonds. The predicted molar refractivity (Wildman–Crippen MR) is 181 cm³/mol. The number of nitrogens with zero attached hydrogens (tertiary/aromatic N) is 2. The van der Waals surface area contributed by atoms with E-state index in [9.17, 15) is 18.0 Å². The fraction of sp³-hybridized carbons (Fsp3) is 0.278. The zero-order valence-corrected chi connectivity index (χ0v) is 28.0. The molecule has 10 heteroatoms. The maximum atomic E-state index is 15.1. The quantitative estimate of drug-likeness (QED) is 0.172. The molecule has 0 aromatic heterocycles. The molecule has 4 aromatic carbocycles. The summed E-state index contributed by atoms with van der Waals surface area (Å²) in [7, 11) is -4.28. The van der Waals surface area contributed by atoms with Gasteiger partial charge >= 0.3 is 0 Å². The van der Waals surface area contributed by atoms with Gasteiger partial charge < -0.3 is 10.2 Å². The lowest BCUT2D eigenvalue weighted by Crippen LogP contribution is -2.53. The Balaban J connectivity index is 1.82. The molecule has 0 radical (unpaired) electrons. The van der Waals surface area contributed by atoms with Crippen LogP contribution in [0.2, 0.25) is 5.02 Å². The topological polar surface area (TPSA) is 86.8 Å². The minimum absolute atomic E-state index is 0.0150. The molecule has 7 nitrogen and oxygen atoms in total. The highest BCUT2D eigenvalue weighted by Crippen LogP contribution is 2.29. The van der Waals surface area contributed by atoms with E-state index in [1.807, 2.05) is 51.1 Å². The summed E-state index contributed by atoms with van der Waals surface area (Å²) in [4.78, 5) is 29.6. The summed E-state index contributed by atoms with van der Waals surface area (Å²) in [6, 6.07) is 25.2. The molecule has 0 saturated carbocycles. The van der Waals surface area contributed by atoms with E-state index in [0.29, 0.717) is 11.6 Å². The van der Waals surface area contributed by atoms with Crippen LogP contribution in [-0.4, -0.2) is 44.3 Å². The van der Waals surface area contributed by atoms with Gasteiger partial charge in [0.15, 0.2) is 0 Å². The number of hydrogen-bond acceptors (Lipinski definition) is 4. The van der Waals surface area contributed by atoms with Crippen LogP contribution in [0.3, 0.4) is 0 Å². The Kier molecular flexibility index (Phi) is 11.6. The van der Waals surface area contributed by atoms with Gasteiger partial charge in [-0.25, -0.2) is 12.8 Å². The second kappa shape index (κ2) is 15.4. The standard InChI is InChI=1S/C36H39ClFN3O4S/c1-25(2)22-39-36(43)34(20-28-10-6-5-7-11-28)40(23-29-12-8-9-13-33(29)38)35(42)24-41(30-17-16-27(4)32(37)21-30)46(44,45)31-18-14-26(3)15-19-31/h5-19,21,25,34H,20,22-24H2,1-4H3,(H,39,43)/t34-/m1/s1. The molecule has 0 heterocycles. The fourth-order valence-electron chi connectivity index (χ4n) is 4.89. The van der Waals surface area contributed by atoms with Crippen molar-refractivity contribution in [3.8, 4) is 0 Å². The third kappa shape index (κ3) is 8.73. The average molecular weight is 664 g/mol. The Labute approximate surface area is 276 Å². The molecule has 0 spiro atoms. The maximum Gasteiger partial charge on any atom is 0.264 e. The number of rotatable bonds is 13. The highest BCUT2D eigenvalue weighted by molar-refractivity contribution is 7.92. The first-order valence-corrected chi connectivity index (χ1v) is 16.9. The zero-order chi connectivity index (χ0) is 33.4. The van der Waals surface area contributed by atoms with Gasteiger partial charge in [0.1, 0.15) is 18.4 Å². The summed E-state index contributed by atoms with van der Waals surface area (Å²) in [5.41, 5.74) is 2.76. The van der Waals surface area contributed by atoms with Crippen molar-refractivity contribution in [2.45, 2.75) is 51.6 Å². The van der Waals surface area contributed by atoms with Crippen molar-refractivity contribution < 1.29 is 22.4 Å². The van der Waals surface area contributed by atoms with Gasteiger partial charge in [0.25, 0.3) is 10.0 Å². The average Bonchev–Trinajstić information content (AvgIpc) is 3.03. The summed E-state index contributed by atoms with van der Waals surface area (Å²) < 4.78 is 44.4. The minimum Gasteiger partial charge on any atom is -0.354 e. The van der Waals surface area contributed by atoms with Crippen molar-refractivity contribution in [2.75, 3.05) is 17.4 Å². The number of anilines is 1. The summed E-state index contributed by atoms with van der Waals surface area (Å²) in [5, 5.41) is 3.25. The highest BCUT2D eigenvalue weighted by atomic mass is 35.5. The Hall–Kier alpha value is -4.21. The number of halogens is 2. The van der Waals surface area contributed by atoms with Gasteiger partial charge in [-0.05, 0) is 61.2 Å². The number of carbonyl (C=O) groups is 2. The molecule has 1 N–H and O–H groups in total. The fourth-order valence-corrected chi connectivity index (χ4v) is 6.47. The Morgan fingerprint density at radius 1 is 0.891 bits per heavy atom. The molecule has 0 unspecified atom stereocenters. The lowest BCUT2D eigenvalue weighted by molar-refractivity contribution is -0.140. The van der Waals surface area contributed by atoms with Crippen LogP contribution in [0.25, 0.3) is 0 Å². The van der Waals surface area contributed by atoms with E-state index in [2.05, 4.69) is 5.32 Å². The van der Waals surface area contributed by atoms with Gasteiger partial charge in [-0.3, -0.25) is 13.9 Å². The van der Waals surface area contributed by atoms with Crippen LogP contribution >= 0.6 is 11.6 Å². The number of hydrogen-bond donors (Lipinski definition) is 1. The monoisotopic (exact) mass is 663 g/mol. The maximum absolute atomic E-state index is 15.1. The van der Waals surface area contributed by atoms with Gasteiger partial charge in [0.05, 0.1) is 10.6 Å². The number of nitrogens with one attached hydrogen (secondary N) is 1. The largest absolute Gasteiger partial charge is 0.354 e. The van der Waals surface area contributed by atoms with Crippen LogP contribution in [-0.2, 0) is 32.6 Å². The van der Waals surface area contributed by atoms with E-state index < -0.39 is 40.2 Å². The zero-order valence-electron chi connectivity index (χ0n) is 26.4. The van der Waals surface area contributed by atoms with Crippen LogP contribution in [0.1, 0.15) is 36.1 Å². The molecule has 4 rings (SSSR count). The second-order valence-corrected chi connectivity index (χ2v) is 14.0. The lowest BCUT2D eigenvalue weighted by atomic mass is 10.0. The molecular formula is C36H39ClFN3O4S. The number of sulfonamides is 1. The molecule has 1 atom stereocenters. The van der Waals surface area contributed by atoms with Crippen LogP contribution in [0.15, 0.2) is 102 Å². The van der Waals surface area contributed by atoms with Crippen LogP contribution in [0, 0.1) is 25.6 Å². The molecule has 0 aliphatic rings. The predicted octanol–water partition coefficient (Wildman–Crippen LogP) is 6.70. The van der Waals surface area contributed by atoms with Gasteiger partial charge in [-0.1, -0.05) is 97.7 Å². The highest BCUT2D eigenvalue weighted by Gasteiger charge is 2.35. The van der Waals surface area contributed by atoms with Crippen LogP contribution in [0.4, 0.5) is 10.1 Å². The van der Waals surface area contributed by atoms with Crippen molar-refractivity contribution in [1.82, 2.24) is 10.2 Å². The number of amides is 2. The first kappa shape index (κ1) is 34.7. The molecule has 0 fully saturated rings. The van der Waals surface area contributed by atoms with E-state index in [0.717, 1.165) is 21.0 Å². The SMILES string of the molecule is Cc1ccc(S(=O)(=O)N(CC(=O)N(Cc2ccccc2F)[C@H](Cc2ccccc2)C(=O)NCC(C)C)c2ccc(C)c(Cl)c2)cc1. The van der Waals surface area contributed by atoms with Gasteiger partial charge in [-0.2, -0.15) is 0 Å². The molecule has 4 aromatic rings. The lowest BCUT2D eigenvalue weighted by Gasteiger charge is -2.34. The number of benzene rings is 4. The van der Waals surface area contributed by atoms with Crippen molar-refractivity contribution in [2.24, 2.45) is 5.92 Å². The summed E-state index contributed by atoms with van der Waals surface area (Å²) in [5.74, 6) is -1.51. The van der Waals surface area contributed by atoms with Gasteiger partial charge in [-0.15, -0.1) is 0 Å². The Bertz CT molecular complexity index is 1770. The van der Waals surface area contributed by atoms with Crippen molar-refractivity contribution in [3.05, 3.63) is 130 Å². The van der Waals surface area contributed by atoms with Crippen LogP contribution in [0.5, 0.6) is 0 Å². The van der Waals surface area contributed by atoms with E-state index in [1.165, 1.54) is 29.2 Å².